The van der Waals surface area contributed by atoms with Crippen molar-refractivity contribution in [3.63, 3.8) is 0 Å². The molecule has 0 aromatic carbocycles. The highest BCUT2D eigenvalue weighted by Crippen LogP contribution is 2.05. The van der Waals surface area contributed by atoms with E-state index in [-0.39, 0.29) is 6.42 Å². The summed E-state index contributed by atoms with van der Waals surface area (Å²) in [5, 5.41) is 0. The molecule has 0 saturated carbocycles. The van der Waals surface area contributed by atoms with Crippen LogP contribution in [0.3, 0.4) is 0 Å². The summed E-state index contributed by atoms with van der Waals surface area (Å²) in [5.74, 6) is -0.0666. The Morgan fingerprint density at radius 1 is 1.00 bits per heavy atom. The van der Waals surface area contributed by atoms with Crippen LogP contribution < -0.4 is 4.84 Å². The van der Waals surface area contributed by atoms with Crippen molar-refractivity contribution in [3.05, 3.63) is 0 Å². The molecule has 0 bridgehead atoms. The highest BCUT2D eigenvalue weighted by molar-refractivity contribution is 6.15. The molecular weight excluding hydrogens is 282 g/mol. The first kappa shape index (κ1) is 19.2. The molecule has 0 unspecified atom stereocenters. The van der Waals surface area contributed by atoms with Crippen molar-refractivity contribution < 1.29 is 19.1 Å². The predicted octanol–water partition coefficient (Wildman–Crippen LogP) is 2.67. The smallest absolute Gasteiger partial charge is 0.324 e. The summed E-state index contributed by atoms with van der Waals surface area (Å²) in [6, 6.07) is -0.865. The van der Waals surface area contributed by atoms with E-state index in [9.17, 15) is 9.59 Å². The lowest BCUT2D eigenvalue weighted by atomic mass is 10.1. The average Bonchev–Trinajstić information content (AvgIpc) is 2.34. The topological polar surface area (TPSA) is 64.6 Å². The molecule has 6 heteroatoms. The molecule has 0 aromatic rings. The van der Waals surface area contributed by atoms with Crippen LogP contribution in [0.4, 0.5) is 0 Å². The van der Waals surface area contributed by atoms with Crippen molar-refractivity contribution in [1.29, 1.82) is 0 Å². The Labute approximate surface area is 126 Å². The molecule has 0 aliphatic rings. The largest absolute Gasteiger partial charge is 0.466 e. The Balaban J connectivity index is 3.99. The van der Waals surface area contributed by atoms with Gasteiger partial charge in [0.2, 0.25) is 0 Å². The van der Waals surface area contributed by atoms with Crippen LogP contribution in [0.25, 0.3) is 0 Å². The lowest BCUT2D eigenvalue weighted by Gasteiger charge is -2.14. The third-order valence-corrected chi connectivity index (χ3v) is 2.95. The van der Waals surface area contributed by atoms with Crippen LogP contribution in [0.1, 0.15) is 47.0 Å². The number of rotatable bonds is 10. The zero-order valence-electron chi connectivity index (χ0n) is 12.8. The van der Waals surface area contributed by atoms with Gasteiger partial charge in [0.05, 0.1) is 19.6 Å². The van der Waals surface area contributed by atoms with Crippen LogP contribution in [-0.2, 0) is 19.1 Å². The number of carbonyl (C=O) groups is 2. The molecule has 5 nitrogen and oxygen atoms in total. The van der Waals surface area contributed by atoms with Gasteiger partial charge in [0, 0.05) is 0 Å². The summed E-state index contributed by atoms with van der Waals surface area (Å²) in [6.45, 7) is 8.85. The van der Waals surface area contributed by atoms with Gasteiger partial charge in [0.25, 0.3) is 0 Å². The van der Waals surface area contributed by atoms with Crippen LogP contribution >= 0.6 is 11.8 Å². The third-order valence-electron chi connectivity index (χ3n) is 2.68. The molecular formula is C14H26ClNO4. The number of ether oxygens (including phenoxy) is 2. The third kappa shape index (κ3) is 10.0. The minimum Gasteiger partial charge on any atom is -0.466 e. The van der Waals surface area contributed by atoms with Crippen molar-refractivity contribution in [3.8, 4) is 0 Å². The lowest BCUT2D eigenvalue weighted by Crippen LogP contribution is -2.35. The minimum absolute atomic E-state index is 0.123. The predicted molar refractivity (Wildman–Crippen MR) is 78.2 cm³/mol. The lowest BCUT2D eigenvalue weighted by molar-refractivity contribution is -0.152. The Morgan fingerprint density at radius 3 is 1.95 bits per heavy atom. The van der Waals surface area contributed by atoms with E-state index in [1.165, 1.54) is 0 Å². The molecule has 0 heterocycles. The molecule has 118 valence electrons. The number of esters is 2. The second kappa shape index (κ2) is 10.9. The van der Waals surface area contributed by atoms with Gasteiger partial charge in [-0.15, -0.1) is 0 Å². The normalized spacial score (nSPS) is 12.6. The van der Waals surface area contributed by atoms with E-state index in [2.05, 4.69) is 4.84 Å². The van der Waals surface area contributed by atoms with E-state index in [1.54, 1.807) is 0 Å². The van der Waals surface area contributed by atoms with Crippen molar-refractivity contribution in [2.75, 3.05) is 13.2 Å². The van der Waals surface area contributed by atoms with Crippen LogP contribution in [0.15, 0.2) is 0 Å². The monoisotopic (exact) mass is 307 g/mol. The van der Waals surface area contributed by atoms with E-state index < -0.39 is 18.0 Å². The number of halogens is 1. The summed E-state index contributed by atoms with van der Waals surface area (Å²) in [6.07, 6.45) is 1.45. The van der Waals surface area contributed by atoms with Gasteiger partial charge in [-0.1, -0.05) is 27.7 Å². The van der Waals surface area contributed by atoms with Crippen molar-refractivity contribution in [2.45, 2.75) is 53.0 Å². The summed E-state index contributed by atoms with van der Waals surface area (Å²) in [4.78, 5) is 25.5. The molecule has 0 radical (unpaired) electrons. The quantitative estimate of drug-likeness (QED) is 0.496. The second-order valence-electron chi connectivity index (χ2n) is 5.62. The highest BCUT2D eigenvalue weighted by Gasteiger charge is 2.23. The van der Waals surface area contributed by atoms with Gasteiger partial charge in [-0.2, -0.15) is 0 Å². The van der Waals surface area contributed by atoms with Gasteiger partial charge in [0.15, 0.2) is 0 Å². The van der Waals surface area contributed by atoms with Gasteiger partial charge in [0.1, 0.15) is 6.04 Å². The zero-order valence-corrected chi connectivity index (χ0v) is 13.5. The maximum Gasteiger partial charge on any atom is 0.324 e. The average molecular weight is 308 g/mol. The van der Waals surface area contributed by atoms with Crippen molar-refractivity contribution in [2.24, 2.45) is 11.8 Å². The fourth-order valence-electron chi connectivity index (χ4n) is 1.30. The van der Waals surface area contributed by atoms with E-state index in [1.807, 2.05) is 27.7 Å². The van der Waals surface area contributed by atoms with Gasteiger partial charge in [-0.05, 0) is 36.5 Å². The number of hydrogen-bond acceptors (Lipinski definition) is 5. The molecule has 0 rings (SSSR count). The zero-order chi connectivity index (χ0) is 15.5. The first-order valence-electron chi connectivity index (χ1n) is 7.05. The van der Waals surface area contributed by atoms with E-state index in [4.69, 9.17) is 21.3 Å². The Bertz CT molecular complexity index is 295. The van der Waals surface area contributed by atoms with Crippen LogP contribution in [0.2, 0.25) is 0 Å². The van der Waals surface area contributed by atoms with Gasteiger partial charge < -0.3 is 9.47 Å². The standard InChI is InChI=1S/C14H26ClNO4/c1-10(2)5-7-19-13(17)9-12(16-15)14(18)20-8-6-11(3)4/h10-12,16H,5-9H2,1-4H3/t12-/m0/s1. The Kier molecular flexibility index (Phi) is 10.5. The molecule has 0 saturated heterocycles. The van der Waals surface area contributed by atoms with E-state index in [0.29, 0.717) is 25.0 Å². The molecule has 0 fully saturated rings. The Morgan fingerprint density at radius 2 is 1.50 bits per heavy atom. The van der Waals surface area contributed by atoms with Crippen LogP contribution in [0.5, 0.6) is 0 Å². The first-order chi connectivity index (χ1) is 9.36. The molecule has 20 heavy (non-hydrogen) atoms. The number of hydrogen-bond donors (Lipinski definition) is 1. The minimum atomic E-state index is -0.865. The number of carbonyl (C=O) groups excluding carboxylic acids is 2. The van der Waals surface area contributed by atoms with Crippen molar-refractivity contribution >= 4 is 23.7 Å². The molecule has 1 atom stereocenters. The molecule has 0 amide bonds. The molecule has 0 aliphatic carbocycles. The fourth-order valence-corrected chi connectivity index (χ4v) is 1.46. The molecule has 0 aromatic heterocycles. The maximum absolute atomic E-state index is 11.7. The van der Waals surface area contributed by atoms with Gasteiger partial charge >= 0.3 is 11.9 Å². The summed E-state index contributed by atoms with van der Waals surface area (Å²) >= 11 is 5.47. The summed E-state index contributed by atoms with van der Waals surface area (Å²) in [7, 11) is 0. The summed E-state index contributed by atoms with van der Waals surface area (Å²) in [5.41, 5.74) is 0. The van der Waals surface area contributed by atoms with E-state index >= 15 is 0 Å². The SMILES string of the molecule is CC(C)CCOC(=O)C[C@H](NCl)C(=O)OCCC(C)C. The second-order valence-corrected chi connectivity index (χ2v) is 5.84. The number of nitrogens with one attached hydrogen (secondary N) is 1. The van der Waals surface area contributed by atoms with Crippen LogP contribution in [-0.4, -0.2) is 31.2 Å². The maximum atomic E-state index is 11.7. The molecule has 0 aliphatic heterocycles. The first-order valence-corrected chi connectivity index (χ1v) is 7.43. The van der Waals surface area contributed by atoms with Crippen LogP contribution in [0, 0.1) is 11.8 Å². The van der Waals surface area contributed by atoms with Crippen molar-refractivity contribution in [1.82, 2.24) is 4.84 Å². The highest BCUT2D eigenvalue weighted by atomic mass is 35.5. The molecule has 0 spiro atoms. The van der Waals surface area contributed by atoms with Gasteiger partial charge in [-0.3, -0.25) is 9.59 Å². The molecule has 1 N–H and O–H groups in total. The fraction of sp³-hybridized carbons (Fsp3) is 0.857. The Hall–Kier alpha value is -0.810. The van der Waals surface area contributed by atoms with Gasteiger partial charge in [-0.25, -0.2) is 4.84 Å². The van der Waals surface area contributed by atoms with E-state index in [0.717, 1.165) is 12.8 Å². The summed E-state index contributed by atoms with van der Waals surface area (Å²) < 4.78 is 10.1.